The number of nitrogens with one attached hydrogen (secondary N) is 3. The summed E-state index contributed by atoms with van der Waals surface area (Å²) >= 11 is 0. The van der Waals surface area contributed by atoms with Crippen LogP contribution in [-0.2, 0) is 14.3 Å². The Balaban J connectivity index is 0.955. The number of imide groups is 2. The van der Waals surface area contributed by atoms with Crippen LogP contribution in [0, 0.1) is 0 Å². The Bertz CT molecular complexity index is 1650. The van der Waals surface area contributed by atoms with E-state index in [1.165, 1.54) is 0 Å². The minimum atomic E-state index is -0.996. The quantitative estimate of drug-likeness (QED) is 0.155. The van der Waals surface area contributed by atoms with Crippen LogP contribution in [0.3, 0.4) is 0 Å². The molecule has 0 saturated carbocycles. The lowest BCUT2D eigenvalue weighted by Crippen LogP contribution is -2.54. The van der Waals surface area contributed by atoms with Gasteiger partial charge in [0.25, 0.3) is 11.8 Å². The second-order valence-corrected chi connectivity index (χ2v) is 10.8. The van der Waals surface area contributed by atoms with Crippen LogP contribution >= 0.6 is 0 Å². The fourth-order valence-corrected chi connectivity index (χ4v) is 5.67. The van der Waals surface area contributed by atoms with Gasteiger partial charge in [0.05, 0.1) is 23.8 Å². The number of carbonyl (C=O) groups is 4. The number of fused-ring (bicyclic) bond motifs is 2. The van der Waals surface area contributed by atoms with Crippen molar-refractivity contribution < 1.29 is 28.3 Å². The molecule has 0 aliphatic carbocycles. The molecule has 2 unspecified atom stereocenters. The molecule has 2 aromatic carbocycles. The molecule has 0 radical (unpaired) electrons. The number of unbranched alkanes of at least 4 members (excludes halogenated alkanes) is 1. The topological polar surface area (TPSA) is 143 Å². The van der Waals surface area contributed by atoms with Crippen LogP contribution in [0.25, 0.3) is 11.0 Å². The van der Waals surface area contributed by atoms with E-state index in [4.69, 9.17) is 9.15 Å². The SMILES string of the molecule is O=C1CCC(N2C(=O)c3cccc(NCCOCCCCNC(c4cccnc4)c4cc5ccccc5o4)c3C2=O)C(=O)N1. The highest BCUT2D eigenvalue weighted by atomic mass is 16.5. The zero-order valence-electron chi connectivity index (χ0n) is 24.1. The Morgan fingerprint density at radius 1 is 0.977 bits per heavy atom. The number of pyridine rings is 1. The average Bonchev–Trinajstić information content (AvgIpc) is 3.57. The van der Waals surface area contributed by atoms with Crippen molar-refractivity contribution in [1.82, 2.24) is 20.5 Å². The first-order valence-corrected chi connectivity index (χ1v) is 14.8. The molecule has 0 spiro atoms. The van der Waals surface area contributed by atoms with Gasteiger partial charge in [-0.3, -0.25) is 34.4 Å². The number of carbonyl (C=O) groups excluding carboxylic acids is 4. The van der Waals surface area contributed by atoms with Gasteiger partial charge in [-0.1, -0.05) is 30.3 Å². The van der Waals surface area contributed by atoms with Gasteiger partial charge in [0.15, 0.2) is 0 Å². The summed E-state index contributed by atoms with van der Waals surface area (Å²) in [7, 11) is 0. The molecular weight excluding hydrogens is 562 g/mol. The summed E-state index contributed by atoms with van der Waals surface area (Å²) in [5, 5.41) is 10.1. The van der Waals surface area contributed by atoms with Crippen LogP contribution in [0.4, 0.5) is 5.69 Å². The number of hydrogen-bond acceptors (Lipinski definition) is 9. The highest BCUT2D eigenvalue weighted by Crippen LogP contribution is 2.32. The summed E-state index contributed by atoms with van der Waals surface area (Å²) in [6, 6.07) is 17.8. The van der Waals surface area contributed by atoms with Gasteiger partial charge in [0.1, 0.15) is 17.4 Å². The normalized spacial score (nSPS) is 17.2. The fraction of sp³-hybridized carbons (Fsp3) is 0.303. The standard InChI is InChI=1S/C33H33N5O6/c39-28-13-12-25(31(40)37-28)38-32(41)23-9-5-10-24(29(23)33(38)42)35-16-18-43-17-4-3-15-36-30(22-8-6-14-34-20-22)27-19-21-7-1-2-11-26(21)44-27/h1-2,5-11,14,19-20,25,30,35-36H,3-4,12-13,15-18H2,(H,37,39,40). The minimum Gasteiger partial charge on any atom is -0.459 e. The Morgan fingerprint density at radius 2 is 1.86 bits per heavy atom. The molecule has 226 valence electrons. The van der Waals surface area contributed by atoms with Crippen LogP contribution in [0.5, 0.6) is 0 Å². The molecule has 2 aliphatic rings. The number of para-hydroxylation sites is 1. The van der Waals surface area contributed by atoms with Crippen molar-refractivity contribution >= 4 is 40.3 Å². The highest BCUT2D eigenvalue weighted by Gasteiger charge is 2.45. The third-order valence-electron chi connectivity index (χ3n) is 7.84. The fourth-order valence-electron chi connectivity index (χ4n) is 5.67. The second kappa shape index (κ2) is 13.2. The Hall–Kier alpha value is -4.87. The maximum atomic E-state index is 13.2. The molecule has 0 bridgehead atoms. The minimum absolute atomic E-state index is 0.0781. The van der Waals surface area contributed by atoms with E-state index in [1.807, 2.05) is 42.6 Å². The van der Waals surface area contributed by atoms with E-state index in [0.29, 0.717) is 25.4 Å². The number of piperidine rings is 1. The van der Waals surface area contributed by atoms with Gasteiger partial charge in [0, 0.05) is 43.0 Å². The number of furan rings is 1. The molecular formula is C33H33N5O6. The van der Waals surface area contributed by atoms with E-state index in [1.54, 1.807) is 24.4 Å². The molecule has 44 heavy (non-hydrogen) atoms. The summed E-state index contributed by atoms with van der Waals surface area (Å²) < 4.78 is 11.9. The van der Waals surface area contributed by atoms with Crippen molar-refractivity contribution in [1.29, 1.82) is 0 Å². The predicted molar refractivity (Wildman–Crippen MR) is 162 cm³/mol. The lowest BCUT2D eigenvalue weighted by atomic mass is 10.0. The van der Waals surface area contributed by atoms with Crippen LogP contribution in [0.2, 0.25) is 0 Å². The number of anilines is 1. The number of hydrogen-bond donors (Lipinski definition) is 3. The number of aromatic nitrogens is 1. The lowest BCUT2D eigenvalue weighted by Gasteiger charge is -2.27. The molecule has 2 aliphatic heterocycles. The van der Waals surface area contributed by atoms with Gasteiger partial charge in [-0.25, -0.2) is 0 Å². The molecule has 11 heteroatoms. The summed E-state index contributed by atoms with van der Waals surface area (Å²) in [4.78, 5) is 55.3. The molecule has 3 N–H and O–H groups in total. The molecule has 11 nitrogen and oxygen atoms in total. The summed E-state index contributed by atoms with van der Waals surface area (Å²) in [6.07, 6.45) is 5.54. The Labute approximate surface area is 254 Å². The molecule has 4 amide bonds. The molecule has 2 aromatic heterocycles. The van der Waals surface area contributed by atoms with Gasteiger partial charge in [0.2, 0.25) is 11.8 Å². The van der Waals surface area contributed by atoms with Crippen molar-refractivity contribution in [3.63, 3.8) is 0 Å². The van der Waals surface area contributed by atoms with E-state index in [0.717, 1.165) is 46.6 Å². The molecule has 2 atom stereocenters. The molecule has 6 rings (SSSR count). The summed E-state index contributed by atoms with van der Waals surface area (Å²) in [5.74, 6) is -1.26. The van der Waals surface area contributed by atoms with Gasteiger partial charge in [-0.15, -0.1) is 0 Å². The Morgan fingerprint density at radius 3 is 2.68 bits per heavy atom. The van der Waals surface area contributed by atoms with E-state index in [9.17, 15) is 19.2 Å². The lowest BCUT2D eigenvalue weighted by molar-refractivity contribution is -0.136. The number of benzene rings is 2. The largest absolute Gasteiger partial charge is 0.459 e. The van der Waals surface area contributed by atoms with Gasteiger partial charge in [-0.05, 0) is 61.7 Å². The predicted octanol–water partition coefficient (Wildman–Crippen LogP) is 3.82. The van der Waals surface area contributed by atoms with Gasteiger partial charge >= 0.3 is 0 Å². The summed E-state index contributed by atoms with van der Waals surface area (Å²) in [5.41, 5.74) is 2.87. The van der Waals surface area contributed by atoms with Crippen molar-refractivity contribution in [2.45, 2.75) is 37.8 Å². The molecule has 1 saturated heterocycles. The van der Waals surface area contributed by atoms with E-state index in [-0.39, 0.29) is 30.0 Å². The average molecular weight is 596 g/mol. The first kappa shape index (κ1) is 29.2. The van der Waals surface area contributed by atoms with Crippen molar-refractivity contribution in [3.8, 4) is 0 Å². The maximum absolute atomic E-state index is 13.2. The monoisotopic (exact) mass is 595 g/mol. The zero-order valence-corrected chi connectivity index (χ0v) is 24.1. The van der Waals surface area contributed by atoms with Crippen LogP contribution < -0.4 is 16.0 Å². The zero-order chi connectivity index (χ0) is 30.5. The van der Waals surface area contributed by atoms with E-state index < -0.39 is 29.7 Å². The first-order valence-electron chi connectivity index (χ1n) is 14.8. The number of ether oxygens (including phenoxy) is 1. The van der Waals surface area contributed by atoms with Crippen molar-refractivity contribution in [2.24, 2.45) is 0 Å². The number of nitrogens with zero attached hydrogens (tertiary/aromatic N) is 2. The van der Waals surface area contributed by atoms with E-state index >= 15 is 0 Å². The van der Waals surface area contributed by atoms with Crippen molar-refractivity contribution in [3.05, 3.63) is 95.5 Å². The third-order valence-corrected chi connectivity index (χ3v) is 7.84. The third kappa shape index (κ3) is 6.10. The van der Waals surface area contributed by atoms with Gasteiger partial charge < -0.3 is 19.8 Å². The van der Waals surface area contributed by atoms with Gasteiger partial charge in [-0.2, -0.15) is 0 Å². The molecule has 4 heterocycles. The summed E-state index contributed by atoms with van der Waals surface area (Å²) in [6.45, 7) is 2.17. The highest BCUT2D eigenvalue weighted by molar-refractivity contribution is 6.25. The number of rotatable bonds is 13. The molecule has 1 fully saturated rings. The van der Waals surface area contributed by atoms with Crippen LogP contribution in [0.15, 0.2) is 77.5 Å². The van der Waals surface area contributed by atoms with Crippen LogP contribution in [0.1, 0.15) is 63.8 Å². The van der Waals surface area contributed by atoms with E-state index in [2.05, 4.69) is 27.0 Å². The second-order valence-electron chi connectivity index (χ2n) is 10.8. The Kier molecular flexibility index (Phi) is 8.76. The first-order chi connectivity index (χ1) is 21.5. The molecule has 4 aromatic rings. The number of amides is 4. The van der Waals surface area contributed by atoms with Crippen molar-refractivity contribution in [2.75, 3.05) is 31.6 Å². The van der Waals surface area contributed by atoms with Crippen LogP contribution in [-0.4, -0.2) is 65.9 Å². The smallest absolute Gasteiger partial charge is 0.264 e. The maximum Gasteiger partial charge on any atom is 0.264 e.